The van der Waals surface area contributed by atoms with Gasteiger partial charge in [0.1, 0.15) is 17.3 Å². The fraction of sp³-hybridized carbons (Fsp3) is 0.172. The standard InChI is InChI=1S/C29H25FN2O3/c1-2-19-9-11-20(12-10-19)28(33)31-25-8-4-5-21(16-25)27-17-23-18-32(14-13-26(23)35-27)29(34)22-6-3-7-24(30)15-22/h3-12,15-17H,2,13-14,18H2,1H3,(H,31,33). The summed E-state index contributed by atoms with van der Waals surface area (Å²) in [5.41, 5.74) is 4.56. The van der Waals surface area contributed by atoms with Crippen LogP contribution in [0, 0.1) is 5.82 Å². The van der Waals surface area contributed by atoms with E-state index >= 15 is 0 Å². The fourth-order valence-corrected chi connectivity index (χ4v) is 4.30. The molecule has 4 aromatic rings. The second kappa shape index (κ2) is 9.58. The largest absolute Gasteiger partial charge is 0.461 e. The lowest BCUT2D eigenvalue weighted by atomic mass is 10.1. The molecule has 1 aromatic heterocycles. The number of fused-ring (bicyclic) bond motifs is 1. The summed E-state index contributed by atoms with van der Waals surface area (Å²) in [5, 5.41) is 2.95. The number of hydrogen-bond donors (Lipinski definition) is 1. The van der Waals surface area contributed by atoms with Crippen LogP contribution in [0.4, 0.5) is 10.1 Å². The number of halogens is 1. The maximum Gasteiger partial charge on any atom is 0.255 e. The van der Waals surface area contributed by atoms with Crippen molar-refractivity contribution in [3.8, 4) is 11.3 Å². The summed E-state index contributed by atoms with van der Waals surface area (Å²) in [4.78, 5) is 27.2. The van der Waals surface area contributed by atoms with Crippen molar-refractivity contribution >= 4 is 17.5 Å². The number of hydrogen-bond acceptors (Lipinski definition) is 3. The molecule has 0 saturated carbocycles. The van der Waals surface area contributed by atoms with Crippen LogP contribution in [-0.2, 0) is 19.4 Å². The lowest BCUT2D eigenvalue weighted by Gasteiger charge is -2.26. The predicted octanol–water partition coefficient (Wildman–Crippen LogP) is 6.10. The Bertz CT molecular complexity index is 1390. The molecule has 0 atom stereocenters. The number of aryl methyl sites for hydroxylation is 1. The van der Waals surface area contributed by atoms with Gasteiger partial charge < -0.3 is 14.6 Å². The maximum atomic E-state index is 13.6. The Morgan fingerprint density at radius 3 is 2.54 bits per heavy atom. The molecule has 5 rings (SSSR count). The average molecular weight is 469 g/mol. The molecular weight excluding hydrogens is 443 g/mol. The molecule has 1 aliphatic rings. The van der Waals surface area contributed by atoms with Gasteiger partial charge in [0.25, 0.3) is 11.8 Å². The topological polar surface area (TPSA) is 62.6 Å². The van der Waals surface area contributed by atoms with Crippen LogP contribution in [0.25, 0.3) is 11.3 Å². The second-order valence-corrected chi connectivity index (χ2v) is 8.63. The van der Waals surface area contributed by atoms with Gasteiger partial charge in [-0.25, -0.2) is 4.39 Å². The maximum absolute atomic E-state index is 13.6. The van der Waals surface area contributed by atoms with Crippen LogP contribution < -0.4 is 5.32 Å². The van der Waals surface area contributed by atoms with Crippen LogP contribution in [0.1, 0.15) is 44.5 Å². The van der Waals surface area contributed by atoms with E-state index in [1.165, 1.54) is 17.7 Å². The summed E-state index contributed by atoms with van der Waals surface area (Å²) in [6.45, 7) is 2.98. The smallest absolute Gasteiger partial charge is 0.255 e. The van der Waals surface area contributed by atoms with Crippen molar-refractivity contribution in [2.24, 2.45) is 0 Å². The third-order valence-corrected chi connectivity index (χ3v) is 6.25. The van der Waals surface area contributed by atoms with Crippen LogP contribution >= 0.6 is 0 Å². The van der Waals surface area contributed by atoms with Crippen molar-refractivity contribution in [1.82, 2.24) is 4.90 Å². The number of carbonyl (C=O) groups is 2. The third kappa shape index (κ3) is 4.87. The highest BCUT2D eigenvalue weighted by molar-refractivity contribution is 6.04. The van der Waals surface area contributed by atoms with E-state index in [-0.39, 0.29) is 11.8 Å². The Morgan fingerprint density at radius 1 is 0.971 bits per heavy atom. The van der Waals surface area contributed by atoms with Gasteiger partial charge in [-0.3, -0.25) is 9.59 Å². The first-order chi connectivity index (χ1) is 17.0. The summed E-state index contributed by atoms with van der Waals surface area (Å²) in [6, 6.07) is 22.8. The SMILES string of the molecule is CCc1ccc(C(=O)Nc2cccc(-c3cc4c(o3)CCN(C(=O)c3cccc(F)c3)C4)c2)cc1. The minimum absolute atomic E-state index is 0.171. The highest BCUT2D eigenvalue weighted by Crippen LogP contribution is 2.31. The fourth-order valence-electron chi connectivity index (χ4n) is 4.30. The van der Waals surface area contributed by atoms with Crippen LogP contribution in [0.3, 0.4) is 0 Å². The van der Waals surface area contributed by atoms with E-state index in [1.54, 1.807) is 17.0 Å². The van der Waals surface area contributed by atoms with Crippen LogP contribution in [0.15, 0.2) is 83.3 Å². The lowest BCUT2D eigenvalue weighted by molar-refractivity contribution is 0.0729. The number of amides is 2. The number of benzene rings is 3. The Hall–Kier alpha value is -4.19. The minimum atomic E-state index is -0.427. The van der Waals surface area contributed by atoms with Crippen molar-refractivity contribution in [3.63, 3.8) is 0 Å². The third-order valence-electron chi connectivity index (χ3n) is 6.25. The normalized spacial score (nSPS) is 12.8. The van der Waals surface area contributed by atoms with E-state index in [4.69, 9.17) is 4.42 Å². The summed E-state index contributed by atoms with van der Waals surface area (Å²) >= 11 is 0. The van der Waals surface area contributed by atoms with Gasteiger partial charge in [-0.2, -0.15) is 0 Å². The number of nitrogens with one attached hydrogen (secondary N) is 1. The van der Waals surface area contributed by atoms with Crippen molar-refractivity contribution in [2.45, 2.75) is 26.3 Å². The van der Waals surface area contributed by atoms with E-state index in [2.05, 4.69) is 12.2 Å². The van der Waals surface area contributed by atoms with Gasteiger partial charge in [-0.05, 0) is 60.5 Å². The van der Waals surface area contributed by atoms with Gasteiger partial charge in [-0.15, -0.1) is 0 Å². The molecule has 0 unspecified atom stereocenters. The minimum Gasteiger partial charge on any atom is -0.461 e. The molecule has 2 amide bonds. The van der Waals surface area contributed by atoms with Crippen LogP contribution in [0.2, 0.25) is 0 Å². The van der Waals surface area contributed by atoms with E-state index in [0.29, 0.717) is 42.1 Å². The lowest BCUT2D eigenvalue weighted by Crippen LogP contribution is -2.35. The second-order valence-electron chi connectivity index (χ2n) is 8.63. The molecule has 1 N–H and O–H groups in total. The molecule has 0 radical (unpaired) electrons. The van der Waals surface area contributed by atoms with Gasteiger partial charge >= 0.3 is 0 Å². The Morgan fingerprint density at radius 2 is 1.77 bits per heavy atom. The van der Waals surface area contributed by atoms with Gasteiger partial charge in [0.2, 0.25) is 0 Å². The molecule has 6 heteroatoms. The summed E-state index contributed by atoms with van der Waals surface area (Å²) in [5.74, 6) is 0.723. The first kappa shape index (κ1) is 22.6. The molecule has 0 bridgehead atoms. The van der Waals surface area contributed by atoms with E-state index in [9.17, 15) is 14.0 Å². The van der Waals surface area contributed by atoms with Gasteiger partial charge in [0.05, 0.1) is 0 Å². The molecular formula is C29H25FN2O3. The Balaban J connectivity index is 1.31. The predicted molar refractivity (Wildman–Crippen MR) is 133 cm³/mol. The van der Waals surface area contributed by atoms with Gasteiger partial charge in [0.15, 0.2) is 0 Å². The van der Waals surface area contributed by atoms with Crippen molar-refractivity contribution in [1.29, 1.82) is 0 Å². The molecule has 1 aliphatic heterocycles. The molecule has 5 nitrogen and oxygen atoms in total. The van der Waals surface area contributed by atoms with Crippen LogP contribution in [-0.4, -0.2) is 23.3 Å². The van der Waals surface area contributed by atoms with Crippen molar-refractivity contribution in [2.75, 3.05) is 11.9 Å². The molecule has 35 heavy (non-hydrogen) atoms. The first-order valence-corrected chi connectivity index (χ1v) is 11.7. The van der Waals surface area contributed by atoms with Gasteiger partial charge in [-0.1, -0.05) is 37.3 Å². The summed E-state index contributed by atoms with van der Waals surface area (Å²) < 4.78 is 19.7. The number of nitrogens with zero attached hydrogens (tertiary/aromatic N) is 1. The zero-order chi connectivity index (χ0) is 24.4. The van der Waals surface area contributed by atoms with Crippen LogP contribution in [0.5, 0.6) is 0 Å². The summed E-state index contributed by atoms with van der Waals surface area (Å²) in [7, 11) is 0. The first-order valence-electron chi connectivity index (χ1n) is 11.7. The molecule has 0 fully saturated rings. The Labute approximate surface area is 203 Å². The van der Waals surface area contributed by atoms with Crippen molar-refractivity contribution < 1.29 is 18.4 Å². The van der Waals surface area contributed by atoms with Crippen molar-refractivity contribution in [3.05, 3.63) is 113 Å². The van der Waals surface area contributed by atoms with E-state index in [1.807, 2.05) is 54.6 Å². The number of anilines is 1. The summed E-state index contributed by atoms with van der Waals surface area (Å²) in [6.07, 6.45) is 1.51. The molecule has 0 spiro atoms. The quantitative estimate of drug-likeness (QED) is 0.385. The number of rotatable bonds is 5. The van der Waals surface area contributed by atoms with E-state index < -0.39 is 5.82 Å². The molecule has 176 valence electrons. The zero-order valence-corrected chi connectivity index (χ0v) is 19.4. The number of carbonyl (C=O) groups excluding carboxylic acids is 2. The molecule has 2 heterocycles. The highest BCUT2D eigenvalue weighted by Gasteiger charge is 2.25. The number of furan rings is 1. The Kier molecular flexibility index (Phi) is 6.19. The zero-order valence-electron chi connectivity index (χ0n) is 19.4. The van der Waals surface area contributed by atoms with Gasteiger partial charge in [0, 0.05) is 47.5 Å². The monoisotopic (exact) mass is 468 g/mol. The molecule has 0 saturated heterocycles. The highest BCUT2D eigenvalue weighted by atomic mass is 19.1. The molecule has 0 aliphatic carbocycles. The molecule has 3 aromatic carbocycles. The average Bonchev–Trinajstić information content (AvgIpc) is 3.32. The van der Waals surface area contributed by atoms with E-state index in [0.717, 1.165) is 23.3 Å².